The summed E-state index contributed by atoms with van der Waals surface area (Å²) in [4.78, 5) is 9.59. The Labute approximate surface area is 175 Å². The first-order valence-electron chi connectivity index (χ1n) is 9.86. The van der Waals surface area contributed by atoms with Crippen molar-refractivity contribution in [2.45, 2.75) is 45.1 Å². The van der Waals surface area contributed by atoms with Gasteiger partial charge in [-0.2, -0.15) is 5.10 Å². The molecule has 0 bridgehead atoms. The fraction of sp³-hybridized carbons (Fsp3) is 0.789. The predicted octanol–water partition coefficient (Wildman–Crippen LogP) is 2.35. The molecule has 2 aliphatic heterocycles. The summed E-state index contributed by atoms with van der Waals surface area (Å²) in [6.45, 7) is 7.89. The van der Waals surface area contributed by atoms with Gasteiger partial charge in [-0.15, -0.1) is 24.0 Å². The molecule has 1 aromatic rings. The predicted molar refractivity (Wildman–Crippen MR) is 118 cm³/mol. The fourth-order valence-corrected chi connectivity index (χ4v) is 4.35. The average molecular weight is 474 g/mol. The van der Waals surface area contributed by atoms with Gasteiger partial charge in [-0.25, -0.2) is 0 Å². The quantitative estimate of drug-likeness (QED) is 0.405. The van der Waals surface area contributed by atoms with Crippen LogP contribution in [0.5, 0.6) is 0 Å². The van der Waals surface area contributed by atoms with Crippen molar-refractivity contribution in [3.05, 3.63) is 18.0 Å². The van der Waals surface area contributed by atoms with Crippen LogP contribution in [0.25, 0.3) is 0 Å². The van der Waals surface area contributed by atoms with E-state index < -0.39 is 0 Å². The molecule has 148 valence electrons. The van der Waals surface area contributed by atoms with Gasteiger partial charge >= 0.3 is 0 Å². The largest absolute Gasteiger partial charge is 0.355 e. The number of hydrogen-bond donors (Lipinski definition) is 1. The van der Waals surface area contributed by atoms with E-state index >= 15 is 0 Å². The molecule has 2 aliphatic rings. The molecular formula is C19H35IN6. The van der Waals surface area contributed by atoms with E-state index in [1.807, 2.05) is 25.0 Å². The molecule has 2 atom stereocenters. The third kappa shape index (κ3) is 5.58. The number of piperidine rings is 1. The van der Waals surface area contributed by atoms with Crippen LogP contribution in [-0.4, -0.2) is 71.4 Å². The lowest BCUT2D eigenvalue weighted by atomic mass is 10.0. The lowest BCUT2D eigenvalue weighted by Crippen LogP contribution is -2.49. The standard InChI is InChI=1S/C19H34N6.HI/c1-4-24-9-6-5-7-18(24)13-21-19(20-2)25-10-8-16(15-25)11-17-12-22-23(3)14-17;/h12,14,16,18H,4-11,13,15H2,1-3H3,(H,20,21);1H. The SMILES string of the molecule is CCN1CCCCC1CNC(=NC)N1CCC(Cc2cnn(C)c2)C1.I. The third-order valence-electron chi connectivity index (χ3n) is 5.73. The van der Waals surface area contributed by atoms with E-state index in [-0.39, 0.29) is 24.0 Å². The van der Waals surface area contributed by atoms with Gasteiger partial charge in [0.15, 0.2) is 5.96 Å². The minimum absolute atomic E-state index is 0. The lowest BCUT2D eigenvalue weighted by Gasteiger charge is -2.35. The molecule has 26 heavy (non-hydrogen) atoms. The zero-order chi connectivity index (χ0) is 17.6. The lowest BCUT2D eigenvalue weighted by molar-refractivity contribution is 0.157. The van der Waals surface area contributed by atoms with Crippen LogP contribution in [-0.2, 0) is 13.5 Å². The first-order valence-corrected chi connectivity index (χ1v) is 9.86. The molecule has 2 saturated heterocycles. The monoisotopic (exact) mass is 474 g/mol. The molecule has 0 radical (unpaired) electrons. The summed E-state index contributed by atoms with van der Waals surface area (Å²) in [6.07, 6.45) is 10.5. The number of aliphatic imine (C=N–C) groups is 1. The maximum Gasteiger partial charge on any atom is 0.193 e. The van der Waals surface area contributed by atoms with Gasteiger partial charge in [-0.05, 0) is 50.3 Å². The Kier molecular flexibility index (Phi) is 8.66. The highest BCUT2D eigenvalue weighted by molar-refractivity contribution is 14.0. The maximum atomic E-state index is 4.55. The minimum atomic E-state index is 0. The average Bonchev–Trinajstić information content (AvgIpc) is 3.25. The number of likely N-dealkylation sites (tertiary alicyclic amines) is 2. The molecule has 1 N–H and O–H groups in total. The molecule has 1 aromatic heterocycles. The minimum Gasteiger partial charge on any atom is -0.355 e. The van der Waals surface area contributed by atoms with Gasteiger partial charge in [0, 0.05) is 46.0 Å². The molecule has 2 unspecified atom stereocenters. The summed E-state index contributed by atoms with van der Waals surface area (Å²) in [7, 11) is 3.90. The molecule has 3 heterocycles. The summed E-state index contributed by atoms with van der Waals surface area (Å²) >= 11 is 0. The third-order valence-corrected chi connectivity index (χ3v) is 5.73. The molecule has 0 aliphatic carbocycles. The van der Waals surface area contributed by atoms with Gasteiger partial charge < -0.3 is 10.2 Å². The molecule has 0 aromatic carbocycles. The van der Waals surface area contributed by atoms with Crippen molar-refractivity contribution < 1.29 is 0 Å². The second-order valence-electron chi connectivity index (χ2n) is 7.53. The van der Waals surface area contributed by atoms with Crippen molar-refractivity contribution in [2.75, 3.05) is 39.8 Å². The molecule has 7 heteroatoms. The molecule has 0 amide bonds. The Morgan fingerprint density at radius 1 is 1.31 bits per heavy atom. The Balaban J connectivity index is 0.00000243. The van der Waals surface area contributed by atoms with Crippen LogP contribution in [0, 0.1) is 5.92 Å². The highest BCUT2D eigenvalue weighted by atomic mass is 127. The number of hydrogen-bond acceptors (Lipinski definition) is 3. The van der Waals surface area contributed by atoms with Crippen molar-refractivity contribution in [1.29, 1.82) is 0 Å². The van der Waals surface area contributed by atoms with E-state index in [1.165, 1.54) is 37.8 Å². The Bertz CT molecular complexity index is 572. The van der Waals surface area contributed by atoms with Crippen molar-refractivity contribution in [3.63, 3.8) is 0 Å². The summed E-state index contributed by atoms with van der Waals surface area (Å²) in [5.41, 5.74) is 1.35. The molecular weight excluding hydrogens is 439 g/mol. The van der Waals surface area contributed by atoms with Crippen molar-refractivity contribution >= 4 is 29.9 Å². The van der Waals surface area contributed by atoms with Crippen LogP contribution < -0.4 is 5.32 Å². The smallest absolute Gasteiger partial charge is 0.193 e. The Morgan fingerprint density at radius 2 is 2.15 bits per heavy atom. The number of aromatic nitrogens is 2. The molecule has 3 rings (SSSR count). The zero-order valence-corrected chi connectivity index (χ0v) is 18.9. The van der Waals surface area contributed by atoms with Crippen LogP contribution in [0.3, 0.4) is 0 Å². The number of nitrogens with zero attached hydrogens (tertiary/aromatic N) is 5. The molecule has 6 nitrogen and oxygen atoms in total. The van der Waals surface area contributed by atoms with Crippen LogP contribution in [0.15, 0.2) is 17.4 Å². The van der Waals surface area contributed by atoms with E-state index in [0.29, 0.717) is 12.0 Å². The van der Waals surface area contributed by atoms with Crippen LogP contribution in [0.2, 0.25) is 0 Å². The first-order chi connectivity index (χ1) is 12.2. The van der Waals surface area contributed by atoms with E-state index in [2.05, 4.69) is 38.3 Å². The molecule has 2 fully saturated rings. The van der Waals surface area contributed by atoms with Crippen molar-refractivity contribution in [2.24, 2.45) is 18.0 Å². The number of guanidine groups is 1. The summed E-state index contributed by atoms with van der Waals surface area (Å²) in [5.74, 6) is 1.78. The summed E-state index contributed by atoms with van der Waals surface area (Å²) in [6, 6.07) is 0.657. The first kappa shape index (κ1) is 21.5. The van der Waals surface area contributed by atoms with E-state index in [0.717, 1.165) is 38.6 Å². The second-order valence-corrected chi connectivity index (χ2v) is 7.53. The van der Waals surface area contributed by atoms with Crippen molar-refractivity contribution in [3.8, 4) is 0 Å². The van der Waals surface area contributed by atoms with Crippen LogP contribution >= 0.6 is 24.0 Å². The fourth-order valence-electron chi connectivity index (χ4n) is 4.35. The summed E-state index contributed by atoms with van der Waals surface area (Å²) < 4.78 is 1.90. The van der Waals surface area contributed by atoms with E-state index in [9.17, 15) is 0 Å². The topological polar surface area (TPSA) is 48.7 Å². The second kappa shape index (κ2) is 10.5. The number of aryl methyl sites for hydroxylation is 1. The van der Waals surface area contributed by atoms with Gasteiger partial charge in [0.2, 0.25) is 0 Å². The van der Waals surface area contributed by atoms with Crippen molar-refractivity contribution in [1.82, 2.24) is 24.9 Å². The highest BCUT2D eigenvalue weighted by Gasteiger charge is 2.27. The number of halogens is 1. The van der Waals surface area contributed by atoms with E-state index in [1.54, 1.807) is 0 Å². The number of rotatable bonds is 5. The molecule has 0 spiro atoms. The normalized spacial score (nSPS) is 24.6. The van der Waals surface area contributed by atoms with Gasteiger partial charge in [0.05, 0.1) is 6.20 Å². The number of likely N-dealkylation sites (N-methyl/N-ethyl adjacent to an activating group) is 1. The highest BCUT2D eigenvalue weighted by Crippen LogP contribution is 2.21. The Hall–Kier alpha value is -0.830. The maximum absolute atomic E-state index is 4.55. The van der Waals surface area contributed by atoms with Crippen LogP contribution in [0.1, 0.15) is 38.2 Å². The Morgan fingerprint density at radius 3 is 2.85 bits per heavy atom. The van der Waals surface area contributed by atoms with E-state index in [4.69, 9.17) is 0 Å². The van der Waals surface area contributed by atoms with Gasteiger partial charge in [-0.3, -0.25) is 14.6 Å². The molecule has 0 saturated carbocycles. The summed E-state index contributed by atoms with van der Waals surface area (Å²) in [5, 5.41) is 7.94. The van der Waals surface area contributed by atoms with Gasteiger partial charge in [0.1, 0.15) is 0 Å². The van der Waals surface area contributed by atoms with Crippen LogP contribution in [0.4, 0.5) is 0 Å². The number of nitrogens with one attached hydrogen (secondary N) is 1. The van der Waals surface area contributed by atoms with Gasteiger partial charge in [0.25, 0.3) is 0 Å². The zero-order valence-electron chi connectivity index (χ0n) is 16.5. The van der Waals surface area contributed by atoms with Gasteiger partial charge in [-0.1, -0.05) is 13.3 Å².